The van der Waals surface area contributed by atoms with Gasteiger partial charge in [0.05, 0.1) is 18.8 Å². The molecular formula is C31H44O7Si. The first-order chi connectivity index (χ1) is 18.5. The van der Waals surface area contributed by atoms with Crippen molar-refractivity contribution in [3.05, 3.63) is 83.9 Å². The van der Waals surface area contributed by atoms with Crippen molar-refractivity contribution in [1.82, 2.24) is 0 Å². The van der Waals surface area contributed by atoms with E-state index in [2.05, 4.69) is 26.2 Å². The van der Waals surface area contributed by atoms with E-state index in [0.717, 1.165) is 17.2 Å². The maximum Gasteiger partial charge on any atom is 0.352 e. The van der Waals surface area contributed by atoms with Crippen LogP contribution < -0.4 is 0 Å². The van der Waals surface area contributed by atoms with Crippen LogP contribution in [0, 0.1) is 0 Å². The van der Waals surface area contributed by atoms with Crippen molar-refractivity contribution < 1.29 is 33.3 Å². The molecule has 0 aliphatic carbocycles. The van der Waals surface area contributed by atoms with E-state index in [-0.39, 0.29) is 12.9 Å². The molecule has 214 valence electrons. The molecule has 0 unspecified atom stereocenters. The van der Waals surface area contributed by atoms with Gasteiger partial charge in [0.15, 0.2) is 0 Å². The van der Waals surface area contributed by atoms with E-state index in [9.17, 15) is 9.59 Å². The summed E-state index contributed by atoms with van der Waals surface area (Å²) < 4.78 is 28.9. The van der Waals surface area contributed by atoms with E-state index in [1.807, 2.05) is 50.2 Å². The zero-order valence-electron chi connectivity index (χ0n) is 24.2. The molecule has 0 fully saturated rings. The van der Waals surface area contributed by atoms with Crippen LogP contribution in [0.1, 0.15) is 44.4 Å². The zero-order valence-corrected chi connectivity index (χ0v) is 25.2. The van der Waals surface area contributed by atoms with Crippen LogP contribution in [0.15, 0.2) is 72.8 Å². The molecule has 39 heavy (non-hydrogen) atoms. The summed E-state index contributed by atoms with van der Waals surface area (Å²) in [5, 5.41) is 0. The Bertz CT molecular complexity index is 1020. The lowest BCUT2D eigenvalue weighted by Crippen LogP contribution is -2.35. The summed E-state index contributed by atoms with van der Waals surface area (Å²) in [6.45, 7) is 17.3. The average Bonchev–Trinajstić information content (AvgIpc) is 2.89. The third-order valence-corrected chi connectivity index (χ3v) is 7.89. The van der Waals surface area contributed by atoms with Crippen LogP contribution in [0.2, 0.25) is 25.7 Å². The summed E-state index contributed by atoms with van der Waals surface area (Å²) in [5.74, 6) is -1.25. The molecule has 0 N–H and O–H groups in total. The fraction of sp³-hybridized carbons (Fsp3) is 0.484. The Kier molecular flexibility index (Phi) is 13.6. The molecule has 0 aromatic heterocycles. The van der Waals surface area contributed by atoms with Gasteiger partial charge >= 0.3 is 11.9 Å². The van der Waals surface area contributed by atoms with Gasteiger partial charge in [-0.1, -0.05) is 86.9 Å². The maximum atomic E-state index is 13.3. The first-order valence-corrected chi connectivity index (χ1v) is 17.1. The van der Waals surface area contributed by atoms with Crippen LogP contribution in [-0.2, 0) is 39.9 Å². The second-order valence-corrected chi connectivity index (χ2v) is 16.5. The number of carbonyl (C=O) groups excluding carboxylic acids is 2. The highest BCUT2D eigenvalue weighted by molar-refractivity contribution is 6.76. The van der Waals surface area contributed by atoms with E-state index in [4.69, 9.17) is 23.7 Å². The molecule has 2 aromatic rings. The second-order valence-electron chi connectivity index (χ2n) is 10.9. The fourth-order valence-electron chi connectivity index (χ4n) is 3.60. The third-order valence-electron chi connectivity index (χ3n) is 6.18. The topological polar surface area (TPSA) is 80.3 Å². The molecule has 2 rings (SSSR count). The van der Waals surface area contributed by atoms with Crippen molar-refractivity contribution in [2.75, 3.05) is 13.4 Å². The summed E-state index contributed by atoms with van der Waals surface area (Å²) >= 11 is 0. The Balaban J connectivity index is 2.08. The second kappa shape index (κ2) is 16.4. The van der Waals surface area contributed by atoms with Gasteiger partial charge in [0, 0.05) is 33.6 Å². The number of benzene rings is 2. The molecule has 0 aliphatic heterocycles. The van der Waals surface area contributed by atoms with E-state index in [1.54, 1.807) is 24.3 Å². The van der Waals surface area contributed by atoms with E-state index < -0.39 is 38.3 Å². The van der Waals surface area contributed by atoms with Crippen LogP contribution in [0.4, 0.5) is 0 Å². The van der Waals surface area contributed by atoms with Crippen molar-refractivity contribution in [2.45, 2.75) is 83.9 Å². The summed E-state index contributed by atoms with van der Waals surface area (Å²) in [5.41, 5.74) is 2.27. The quantitative estimate of drug-likeness (QED) is 0.0726. The number of ether oxygens (including phenoxy) is 5. The Morgan fingerprint density at radius 3 is 2.10 bits per heavy atom. The van der Waals surface area contributed by atoms with E-state index in [1.165, 1.54) is 6.92 Å². The SMILES string of the molecule is C=C(C[C@@H](OC(=O)[C@H](OC(C)=O)c1ccccc1)[C@@H](C)OCc1ccccc1)[C@@H](C)OCOCC[Si](C)(C)C. The normalized spacial score (nSPS) is 14.6. The lowest BCUT2D eigenvalue weighted by atomic mass is 10.0. The van der Waals surface area contributed by atoms with Crippen molar-refractivity contribution >= 4 is 20.0 Å². The average molecular weight is 557 g/mol. The van der Waals surface area contributed by atoms with Gasteiger partial charge in [0.25, 0.3) is 0 Å². The summed E-state index contributed by atoms with van der Waals surface area (Å²) in [6, 6.07) is 19.6. The molecule has 0 radical (unpaired) electrons. The van der Waals surface area contributed by atoms with E-state index >= 15 is 0 Å². The summed E-state index contributed by atoms with van der Waals surface area (Å²) in [4.78, 5) is 25.1. The summed E-state index contributed by atoms with van der Waals surface area (Å²) in [7, 11) is -1.18. The molecule has 2 aromatic carbocycles. The zero-order chi connectivity index (χ0) is 28.8. The molecule has 0 amide bonds. The van der Waals surface area contributed by atoms with Crippen molar-refractivity contribution in [2.24, 2.45) is 0 Å². The third kappa shape index (κ3) is 12.7. The predicted molar refractivity (Wildman–Crippen MR) is 155 cm³/mol. The standard InChI is InChI=1S/C31H44O7Si/c1-23(24(2)36-22-34-18-19-39(5,6)7)20-29(25(3)35-21-27-14-10-8-11-15-27)38-31(33)30(37-26(4)32)28-16-12-9-13-17-28/h8-17,24-25,29-30H,1,18-22H2,2-7H3/t24-,25-,29-,30-/m1/s1. The molecule has 0 aliphatic rings. The van der Waals surface area contributed by atoms with Crippen LogP contribution in [0.25, 0.3) is 0 Å². The molecule has 7 nitrogen and oxygen atoms in total. The Morgan fingerprint density at radius 2 is 1.51 bits per heavy atom. The molecule has 0 saturated carbocycles. The Hall–Kier alpha value is -2.78. The first-order valence-electron chi connectivity index (χ1n) is 13.4. The van der Waals surface area contributed by atoms with Crippen LogP contribution in [-0.4, -0.2) is 51.7 Å². The van der Waals surface area contributed by atoms with Gasteiger partial charge in [0.1, 0.15) is 12.9 Å². The monoisotopic (exact) mass is 556 g/mol. The largest absolute Gasteiger partial charge is 0.456 e. The first kappa shape index (κ1) is 32.4. The van der Waals surface area contributed by atoms with Gasteiger partial charge in [-0.25, -0.2) is 4.79 Å². The fourth-order valence-corrected chi connectivity index (χ4v) is 4.36. The van der Waals surface area contributed by atoms with Crippen LogP contribution >= 0.6 is 0 Å². The molecule has 0 spiro atoms. The lowest BCUT2D eigenvalue weighted by Gasteiger charge is -2.28. The molecule has 8 heteroatoms. The van der Waals surface area contributed by atoms with Crippen molar-refractivity contribution in [3.8, 4) is 0 Å². The van der Waals surface area contributed by atoms with Gasteiger partial charge < -0.3 is 23.7 Å². The number of esters is 2. The van der Waals surface area contributed by atoms with Crippen LogP contribution in [0.5, 0.6) is 0 Å². The minimum atomic E-state index is -1.19. The highest BCUT2D eigenvalue weighted by atomic mass is 28.3. The van der Waals surface area contributed by atoms with Gasteiger partial charge in [0.2, 0.25) is 6.10 Å². The van der Waals surface area contributed by atoms with Gasteiger partial charge in [-0.05, 0) is 31.0 Å². The van der Waals surface area contributed by atoms with Gasteiger partial charge in [-0.2, -0.15) is 0 Å². The van der Waals surface area contributed by atoms with Gasteiger partial charge in [-0.15, -0.1) is 0 Å². The minimum absolute atomic E-state index is 0.164. The highest BCUT2D eigenvalue weighted by Crippen LogP contribution is 2.24. The molecule has 4 atom stereocenters. The summed E-state index contributed by atoms with van der Waals surface area (Å²) in [6.07, 6.45) is -2.36. The van der Waals surface area contributed by atoms with Crippen LogP contribution in [0.3, 0.4) is 0 Å². The Labute approximate surface area is 234 Å². The molecule has 0 heterocycles. The lowest BCUT2D eigenvalue weighted by molar-refractivity contribution is -0.177. The molecule has 0 saturated heterocycles. The number of hydrogen-bond donors (Lipinski definition) is 0. The minimum Gasteiger partial charge on any atom is -0.456 e. The van der Waals surface area contributed by atoms with Gasteiger partial charge in [-0.3, -0.25) is 4.79 Å². The Morgan fingerprint density at radius 1 is 0.897 bits per heavy atom. The number of hydrogen-bond acceptors (Lipinski definition) is 7. The molecular weight excluding hydrogens is 512 g/mol. The highest BCUT2D eigenvalue weighted by Gasteiger charge is 2.31. The molecule has 0 bridgehead atoms. The van der Waals surface area contributed by atoms with Crippen molar-refractivity contribution in [3.63, 3.8) is 0 Å². The predicted octanol–water partition coefficient (Wildman–Crippen LogP) is 6.47. The number of carbonyl (C=O) groups is 2. The van der Waals surface area contributed by atoms with E-state index in [0.29, 0.717) is 25.2 Å². The number of rotatable bonds is 17. The van der Waals surface area contributed by atoms with Crippen molar-refractivity contribution in [1.29, 1.82) is 0 Å². The smallest absolute Gasteiger partial charge is 0.352 e. The maximum absolute atomic E-state index is 13.3.